The molecule has 1 aromatic rings. The molecule has 0 amide bonds. The lowest BCUT2D eigenvalue weighted by Crippen LogP contribution is -2.36. The van der Waals surface area contributed by atoms with Gasteiger partial charge in [-0.2, -0.15) is 13.2 Å². The van der Waals surface area contributed by atoms with Crippen molar-refractivity contribution in [3.63, 3.8) is 0 Å². The summed E-state index contributed by atoms with van der Waals surface area (Å²) in [6.07, 6.45) is -2.80. The number of alkyl halides is 3. The Balaban J connectivity index is 2.25. The molecule has 1 saturated carbocycles. The van der Waals surface area contributed by atoms with E-state index in [1.54, 1.807) is 0 Å². The Kier molecular flexibility index (Phi) is 3.79. The fourth-order valence-electron chi connectivity index (χ4n) is 1.82. The van der Waals surface area contributed by atoms with Crippen LogP contribution < -0.4 is 10.6 Å². The molecule has 5 nitrogen and oxygen atoms in total. The number of hydrogen-bond donors (Lipinski definition) is 1. The van der Waals surface area contributed by atoms with E-state index in [1.807, 2.05) is 0 Å². The number of anilines is 2. The minimum atomic E-state index is -4.27. The highest BCUT2D eigenvalue weighted by atomic mass is 19.4. The summed E-state index contributed by atoms with van der Waals surface area (Å²) in [7, 11) is 1.46. The van der Waals surface area contributed by atoms with E-state index in [2.05, 4.69) is 9.97 Å². The Morgan fingerprint density at radius 3 is 2.63 bits per heavy atom. The van der Waals surface area contributed by atoms with Gasteiger partial charge in [-0.3, -0.25) is 0 Å². The second kappa shape index (κ2) is 5.20. The van der Waals surface area contributed by atoms with Crippen LogP contribution in [0.1, 0.15) is 18.7 Å². The first-order valence-electron chi connectivity index (χ1n) is 5.85. The number of rotatable bonds is 5. The maximum absolute atomic E-state index is 12.6. The van der Waals surface area contributed by atoms with Crippen LogP contribution in [0.15, 0.2) is 6.07 Å². The molecule has 106 valence electrons. The minimum Gasteiger partial charge on any atom is -0.384 e. The Morgan fingerprint density at radius 2 is 2.11 bits per heavy atom. The van der Waals surface area contributed by atoms with Crippen molar-refractivity contribution in [1.82, 2.24) is 9.97 Å². The predicted octanol–water partition coefficient (Wildman–Crippen LogP) is 1.74. The van der Waals surface area contributed by atoms with Gasteiger partial charge in [-0.25, -0.2) is 9.97 Å². The van der Waals surface area contributed by atoms with Crippen molar-refractivity contribution < 1.29 is 17.9 Å². The third-order valence-corrected chi connectivity index (χ3v) is 2.68. The molecule has 1 aliphatic rings. The summed E-state index contributed by atoms with van der Waals surface area (Å²) in [6.45, 7) is -0.914. The molecule has 0 aliphatic heterocycles. The van der Waals surface area contributed by atoms with Crippen molar-refractivity contribution in [3.8, 4) is 0 Å². The third kappa shape index (κ3) is 3.95. The van der Waals surface area contributed by atoms with Gasteiger partial charge in [0.05, 0.1) is 0 Å². The molecule has 2 N–H and O–H groups in total. The van der Waals surface area contributed by atoms with Crippen LogP contribution in [0.3, 0.4) is 0 Å². The summed E-state index contributed by atoms with van der Waals surface area (Å²) in [6, 6.07) is 1.25. The zero-order valence-corrected chi connectivity index (χ0v) is 10.4. The van der Waals surface area contributed by atoms with Gasteiger partial charge in [0.2, 0.25) is 0 Å². The standard InChI is InChI=1S/C11H15F3N4O/c1-19-5-9-16-8(15)4-10(17-9)18(7-2-3-7)6-11(12,13)14/h4,7H,2-3,5-6H2,1H3,(H2,15,16,17). The van der Waals surface area contributed by atoms with E-state index in [-0.39, 0.29) is 30.1 Å². The van der Waals surface area contributed by atoms with Crippen molar-refractivity contribution in [2.45, 2.75) is 31.7 Å². The Labute approximate surface area is 108 Å². The minimum absolute atomic E-state index is 0.114. The number of hydrogen-bond acceptors (Lipinski definition) is 5. The number of aromatic nitrogens is 2. The normalized spacial score (nSPS) is 15.6. The molecule has 0 saturated heterocycles. The topological polar surface area (TPSA) is 64.3 Å². The van der Waals surface area contributed by atoms with Gasteiger partial charge >= 0.3 is 6.18 Å². The van der Waals surface area contributed by atoms with Gasteiger partial charge in [0.25, 0.3) is 0 Å². The Bertz CT molecular complexity index is 448. The second-order valence-electron chi connectivity index (χ2n) is 4.47. The van der Waals surface area contributed by atoms with Crippen LogP contribution in [-0.2, 0) is 11.3 Å². The highest BCUT2D eigenvalue weighted by Gasteiger charge is 2.39. The average Bonchev–Trinajstić information content (AvgIpc) is 3.08. The summed E-state index contributed by atoms with van der Waals surface area (Å²) >= 11 is 0. The molecular weight excluding hydrogens is 261 g/mol. The van der Waals surface area contributed by atoms with E-state index in [1.165, 1.54) is 18.1 Å². The summed E-state index contributed by atoms with van der Waals surface area (Å²) in [4.78, 5) is 9.23. The molecule has 1 aromatic heterocycles. The first-order chi connectivity index (χ1) is 8.89. The van der Waals surface area contributed by atoms with Crippen LogP contribution >= 0.6 is 0 Å². The Morgan fingerprint density at radius 1 is 1.42 bits per heavy atom. The monoisotopic (exact) mass is 276 g/mol. The predicted molar refractivity (Wildman–Crippen MR) is 63.6 cm³/mol. The number of methoxy groups -OCH3 is 1. The number of nitrogen functional groups attached to an aromatic ring is 1. The first-order valence-corrected chi connectivity index (χ1v) is 5.85. The zero-order chi connectivity index (χ0) is 14.0. The molecule has 19 heavy (non-hydrogen) atoms. The lowest BCUT2D eigenvalue weighted by atomic mass is 10.4. The van der Waals surface area contributed by atoms with Gasteiger partial charge in [-0.05, 0) is 12.8 Å². The average molecular weight is 276 g/mol. The number of halogens is 3. The van der Waals surface area contributed by atoms with Crippen LogP contribution in [0.2, 0.25) is 0 Å². The number of nitrogens with zero attached hydrogens (tertiary/aromatic N) is 3. The molecule has 0 atom stereocenters. The maximum atomic E-state index is 12.6. The first kappa shape index (κ1) is 13.9. The van der Waals surface area contributed by atoms with E-state index in [0.717, 1.165) is 12.8 Å². The molecule has 1 aliphatic carbocycles. The SMILES string of the molecule is COCc1nc(N)cc(N(CC(F)(F)F)C2CC2)n1. The van der Waals surface area contributed by atoms with Crippen molar-refractivity contribution >= 4 is 11.6 Å². The van der Waals surface area contributed by atoms with Crippen molar-refractivity contribution in [2.75, 3.05) is 24.3 Å². The van der Waals surface area contributed by atoms with E-state index >= 15 is 0 Å². The van der Waals surface area contributed by atoms with Gasteiger partial charge in [0.1, 0.15) is 24.8 Å². The van der Waals surface area contributed by atoms with E-state index in [0.29, 0.717) is 0 Å². The fraction of sp³-hybridized carbons (Fsp3) is 0.636. The van der Waals surface area contributed by atoms with Crippen LogP contribution in [0, 0.1) is 0 Å². The highest BCUT2D eigenvalue weighted by Crippen LogP contribution is 2.33. The van der Waals surface area contributed by atoms with Gasteiger partial charge in [-0.1, -0.05) is 0 Å². The third-order valence-electron chi connectivity index (χ3n) is 2.68. The van der Waals surface area contributed by atoms with Crippen LogP contribution in [0.5, 0.6) is 0 Å². The second-order valence-corrected chi connectivity index (χ2v) is 4.47. The summed E-state index contributed by atoms with van der Waals surface area (Å²) in [5.41, 5.74) is 5.60. The van der Waals surface area contributed by atoms with Gasteiger partial charge in [0, 0.05) is 19.2 Å². The van der Waals surface area contributed by atoms with Gasteiger partial charge in [-0.15, -0.1) is 0 Å². The van der Waals surface area contributed by atoms with Crippen molar-refractivity contribution in [3.05, 3.63) is 11.9 Å². The molecule has 0 unspecified atom stereocenters. The molecule has 0 bridgehead atoms. The zero-order valence-electron chi connectivity index (χ0n) is 10.4. The summed E-state index contributed by atoms with van der Waals surface area (Å²) in [5.74, 6) is 0.634. The number of ether oxygens (including phenoxy) is 1. The van der Waals surface area contributed by atoms with Crippen LogP contribution in [0.4, 0.5) is 24.8 Å². The molecule has 0 radical (unpaired) electrons. The van der Waals surface area contributed by atoms with Crippen molar-refractivity contribution in [2.24, 2.45) is 0 Å². The van der Waals surface area contributed by atoms with E-state index in [9.17, 15) is 13.2 Å². The molecule has 0 spiro atoms. The Hall–Kier alpha value is -1.57. The molecule has 1 heterocycles. The van der Waals surface area contributed by atoms with Gasteiger partial charge < -0.3 is 15.4 Å². The van der Waals surface area contributed by atoms with Gasteiger partial charge in [0.15, 0.2) is 5.82 Å². The van der Waals surface area contributed by atoms with Crippen LogP contribution in [0.25, 0.3) is 0 Å². The van der Waals surface area contributed by atoms with E-state index < -0.39 is 12.7 Å². The molecule has 1 fully saturated rings. The lowest BCUT2D eigenvalue weighted by Gasteiger charge is -2.25. The summed E-state index contributed by atoms with van der Waals surface area (Å²) in [5, 5.41) is 0. The number of nitrogens with two attached hydrogens (primary N) is 1. The quantitative estimate of drug-likeness (QED) is 0.887. The molecular formula is C11H15F3N4O. The maximum Gasteiger partial charge on any atom is 0.405 e. The van der Waals surface area contributed by atoms with E-state index in [4.69, 9.17) is 10.5 Å². The molecule has 8 heteroatoms. The van der Waals surface area contributed by atoms with Crippen LogP contribution in [-0.4, -0.2) is 35.8 Å². The molecule has 2 rings (SSSR count). The van der Waals surface area contributed by atoms with Crippen molar-refractivity contribution in [1.29, 1.82) is 0 Å². The largest absolute Gasteiger partial charge is 0.405 e. The lowest BCUT2D eigenvalue weighted by molar-refractivity contribution is -0.120. The smallest absolute Gasteiger partial charge is 0.384 e. The highest BCUT2D eigenvalue weighted by molar-refractivity contribution is 5.49. The summed E-state index contributed by atoms with van der Waals surface area (Å²) < 4.78 is 42.6. The molecule has 0 aromatic carbocycles. The fourth-order valence-corrected chi connectivity index (χ4v) is 1.82.